The monoisotopic (exact) mass is 620 g/mol. The van der Waals surface area contributed by atoms with Crippen molar-refractivity contribution in [1.82, 2.24) is 9.58 Å². The molecule has 8 aromatic rings. The summed E-state index contributed by atoms with van der Waals surface area (Å²) in [6.07, 6.45) is 7.98. The first-order valence-electron chi connectivity index (χ1n) is 15.5. The zero-order valence-electron chi connectivity index (χ0n) is 25.4. The minimum Gasteiger partial charge on any atom is -0.308 e. The molecule has 1 unspecified atom stereocenters. The van der Waals surface area contributed by atoms with Gasteiger partial charge in [-0.05, 0) is 53.1 Å². The lowest BCUT2D eigenvalue weighted by atomic mass is 10.0. The third-order valence-corrected chi connectivity index (χ3v) is 9.88. The molecule has 222 valence electrons. The highest BCUT2D eigenvalue weighted by molar-refractivity contribution is 7.26. The van der Waals surface area contributed by atoms with Crippen molar-refractivity contribution in [3.8, 4) is 24.1 Å². The summed E-state index contributed by atoms with van der Waals surface area (Å²) in [6.45, 7) is 0.506. The van der Waals surface area contributed by atoms with E-state index in [2.05, 4.69) is 101 Å². The Kier molecular flexibility index (Phi) is 7.23. The van der Waals surface area contributed by atoms with E-state index < -0.39 is 6.04 Å². The molecule has 0 N–H and O–H groups in total. The van der Waals surface area contributed by atoms with Crippen LogP contribution in [0.1, 0.15) is 28.3 Å². The van der Waals surface area contributed by atoms with Gasteiger partial charge in [0.25, 0.3) is 0 Å². The number of fused-ring (bicyclic) bond motifs is 7. The minimum absolute atomic E-state index is 0.416. The van der Waals surface area contributed by atoms with Crippen LogP contribution in [0.4, 0.5) is 0 Å². The minimum atomic E-state index is -0.416. The number of nitrogens with zero attached hydrogens (tertiary/aromatic N) is 4. The van der Waals surface area contributed by atoms with Crippen LogP contribution >= 0.6 is 11.3 Å². The van der Waals surface area contributed by atoms with Gasteiger partial charge in [-0.3, -0.25) is 5.01 Å². The number of terminal acetylenes is 1. The average Bonchev–Trinajstić information content (AvgIpc) is 3.68. The molecule has 0 spiro atoms. The van der Waals surface area contributed by atoms with Gasteiger partial charge in [0, 0.05) is 31.9 Å². The van der Waals surface area contributed by atoms with Gasteiger partial charge >= 0.3 is 0 Å². The molecule has 6 aromatic carbocycles. The first-order chi connectivity index (χ1) is 23.2. The molecule has 2 heterocycles. The smallest absolute Gasteiger partial charge is 0.132 e. The SMILES string of the molecule is C#CC(c1ccc(C#N)cc1)N(Cc1ccc(-n2c3ccccc3c3ccc4c5ccccc5sc4c32)cc1)/N=C/c1ccccc1. The molecule has 47 heavy (non-hydrogen) atoms. The summed E-state index contributed by atoms with van der Waals surface area (Å²) in [5.41, 5.74) is 7.10. The summed E-state index contributed by atoms with van der Waals surface area (Å²) in [6, 6.07) is 49.8. The van der Waals surface area contributed by atoms with E-state index in [1.54, 1.807) is 12.1 Å². The number of benzene rings is 6. The zero-order chi connectivity index (χ0) is 31.7. The van der Waals surface area contributed by atoms with Gasteiger partial charge in [0.05, 0.1) is 40.1 Å². The van der Waals surface area contributed by atoms with Crippen molar-refractivity contribution in [1.29, 1.82) is 5.26 Å². The van der Waals surface area contributed by atoms with E-state index in [-0.39, 0.29) is 0 Å². The molecule has 4 nitrogen and oxygen atoms in total. The predicted molar refractivity (Wildman–Crippen MR) is 196 cm³/mol. The van der Waals surface area contributed by atoms with Crippen molar-refractivity contribution in [3.63, 3.8) is 0 Å². The Bertz CT molecular complexity index is 2510. The molecule has 0 fully saturated rings. The quantitative estimate of drug-likeness (QED) is 0.101. The van der Waals surface area contributed by atoms with Gasteiger partial charge in [-0.25, -0.2) is 0 Å². The number of hydrogen-bond donors (Lipinski definition) is 0. The van der Waals surface area contributed by atoms with Crippen molar-refractivity contribution in [3.05, 3.63) is 162 Å². The Labute approximate surface area is 277 Å². The highest BCUT2D eigenvalue weighted by Gasteiger charge is 2.19. The maximum atomic E-state index is 9.31. The van der Waals surface area contributed by atoms with Crippen molar-refractivity contribution in [2.24, 2.45) is 5.10 Å². The predicted octanol–water partition coefficient (Wildman–Crippen LogP) is 10.2. The van der Waals surface area contributed by atoms with Crippen molar-refractivity contribution < 1.29 is 0 Å². The molecule has 0 aliphatic carbocycles. The topological polar surface area (TPSA) is 44.3 Å². The van der Waals surface area contributed by atoms with Gasteiger partial charge in [0.15, 0.2) is 0 Å². The lowest BCUT2D eigenvalue weighted by Crippen LogP contribution is -2.23. The molecule has 0 bridgehead atoms. The molecule has 0 radical (unpaired) electrons. The van der Waals surface area contributed by atoms with E-state index in [1.807, 2.05) is 65.0 Å². The van der Waals surface area contributed by atoms with Crippen molar-refractivity contribution >= 4 is 59.5 Å². The number of aromatic nitrogens is 1. The lowest BCUT2D eigenvalue weighted by molar-refractivity contribution is 0.242. The number of rotatable bonds is 7. The highest BCUT2D eigenvalue weighted by Crippen LogP contribution is 2.42. The number of hydrazone groups is 1. The van der Waals surface area contributed by atoms with Crippen LogP contribution in [0.25, 0.3) is 47.7 Å². The second kappa shape index (κ2) is 12.0. The van der Waals surface area contributed by atoms with Crippen LogP contribution in [0.3, 0.4) is 0 Å². The average molecular weight is 621 g/mol. The fraction of sp³-hybridized carbons (Fsp3) is 0.0476. The second-order valence-corrected chi connectivity index (χ2v) is 12.6. The van der Waals surface area contributed by atoms with E-state index in [4.69, 9.17) is 11.5 Å². The summed E-state index contributed by atoms with van der Waals surface area (Å²) in [5.74, 6) is 2.94. The number of para-hydroxylation sites is 1. The summed E-state index contributed by atoms with van der Waals surface area (Å²) in [5, 5.41) is 21.2. The maximum absolute atomic E-state index is 9.31. The maximum Gasteiger partial charge on any atom is 0.132 e. The first-order valence-corrected chi connectivity index (χ1v) is 16.3. The van der Waals surface area contributed by atoms with Gasteiger partial charge in [-0.15, -0.1) is 17.8 Å². The molecule has 1 atom stereocenters. The van der Waals surface area contributed by atoms with Crippen LogP contribution in [0.5, 0.6) is 0 Å². The standard InChI is InChI=1S/C42H28N4S/c1-2-38(32-20-16-29(26-43)17-21-32)45(44-27-30-10-4-3-5-11-30)28-31-18-22-33(23-19-31)46-39-14-8-6-12-34(39)36-24-25-37-35-13-7-9-15-40(35)47-42(37)41(36)46/h1,3-25,27,38H,28H2/b44-27+. The van der Waals surface area contributed by atoms with Gasteiger partial charge in [0.2, 0.25) is 0 Å². The summed E-state index contributed by atoms with van der Waals surface area (Å²) in [4.78, 5) is 0. The molecule has 5 heteroatoms. The van der Waals surface area contributed by atoms with Crippen LogP contribution in [-0.4, -0.2) is 15.8 Å². The number of thiophene rings is 1. The first kappa shape index (κ1) is 28.3. The molecular weight excluding hydrogens is 593 g/mol. The summed E-state index contributed by atoms with van der Waals surface area (Å²) >= 11 is 1.86. The van der Waals surface area contributed by atoms with Gasteiger partial charge in [-0.2, -0.15) is 10.4 Å². The molecule has 8 rings (SSSR count). The fourth-order valence-corrected chi connectivity index (χ4v) is 7.65. The van der Waals surface area contributed by atoms with E-state index >= 15 is 0 Å². The van der Waals surface area contributed by atoms with E-state index in [1.165, 1.54) is 42.0 Å². The summed E-state index contributed by atoms with van der Waals surface area (Å²) < 4.78 is 4.99. The lowest BCUT2D eigenvalue weighted by Gasteiger charge is -2.26. The van der Waals surface area contributed by atoms with E-state index in [0.29, 0.717) is 12.1 Å². The molecule has 0 aliphatic rings. The molecule has 0 saturated carbocycles. The Morgan fingerprint density at radius 1 is 0.745 bits per heavy atom. The molecule has 0 aliphatic heterocycles. The van der Waals surface area contributed by atoms with Crippen LogP contribution in [0, 0.1) is 23.7 Å². The molecule has 2 aromatic heterocycles. The zero-order valence-corrected chi connectivity index (χ0v) is 26.2. The largest absolute Gasteiger partial charge is 0.308 e. The molecule has 0 saturated heterocycles. The van der Waals surface area contributed by atoms with Crippen LogP contribution in [0.15, 0.2) is 145 Å². The fourth-order valence-electron chi connectivity index (χ4n) is 6.41. The van der Waals surface area contributed by atoms with Gasteiger partial charge in [0.1, 0.15) is 6.04 Å². The molecular formula is C42H28N4S. The summed E-state index contributed by atoms with van der Waals surface area (Å²) in [7, 11) is 0. The number of hydrogen-bond acceptors (Lipinski definition) is 4. The van der Waals surface area contributed by atoms with Crippen LogP contribution < -0.4 is 0 Å². The van der Waals surface area contributed by atoms with Gasteiger partial charge in [-0.1, -0.05) is 109 Å². The third-order valence-electron chi connectivity index (χ3n) is 8.68. The van der Waals surface area contributed by atoms with E-state index in [0.717, 1.165) is 22.4 Å². The Balaban J connectivity index is 1.21. The third kappa shape index (κ3) is 5.10. The van der Waals surface area contributed by atoms with Crippen LogP contribution in [0.2, 0.25) is 0 Å². The van der Waals surface area contributed by atoms with Crippen LogP contribution in [-0.2, 0) is 6.54 Å². The van der Waals surface area contributed by atoms with E-state index in [9.17, 15) is 5.26 Å². The normalized spacial score (nSPS) is 12.1. The second-order valence-electron chi connectivity index (χ2n) is 11.5. The Hall–Kier alpha value is -6.14. The number of nitriles is 1. The van der Waals surface area contributed by atoms with Crippen molar-refractivity contribution in [2.45, 2.75) is 12.6 Å². The Morgan fingerprint density at radius 3 is 2.21 bits per heavy atom. The Morgan fingerprint density at radius 2 is 1.45 bits per heavy atom. The molecule has 0 amide bonds. The highest BCUT2D eigenvalue weighted by atomic mass is 32.1. The van der Waals surface area contributed by atoms with Gasteiger partial charge < -0.3 is 4.57 Å². The van der Waals surface area contributed by atoms with Crippen molar-refractivity contribution in [2.75, 3.05) is 0 Å².